The van der Waals surface area contributed by atoms with Crippen LogP contribution in [0.4, 0.5) is 0 Å². The highest BCUT2D eigenvalue weighted by Crippen LogP contribution is 2.21. The summed E-state index contributed by atoms with van der Waals surface area (Å²) in [6.07, 6.45) is 0.577. The molecule has 1 aromatic carbocycles. The third kappa shape index (κ3) is 2.31. The summed E-state index contributed by atoms with van der Waals surface area (Å²) in [5.74, 6) is -0.0894. The second kappa shape index (κ2) is 5.01. The number of hydrogen-bond donors (Lipinski definition) is 3. The monoisotopic (exact) mass is 232 g/mol. The van der Waals surface area contributed by atoms with E-state index in [1.807, 2.05) is 31.2 Å². The van der Waals surface area contributed by atoms with Crippen LogP contribution in [0, 0.1) is 6.92 Å². The van der Waals surface area contributed by atoms with E-state index in [1.165, 1.54) is 0 Å². The maximum atomic E-state index is 12.0. The van der Waals surface area contributed by atoms with Gasteiger partial charge < -0.3 is 15.4 Å². The van der Waals surface area contributed by atoms with Crippen LogP contribution < -0.4 is 5.32 Å². The van der Waals surface area contributed by atoms with Crippen LogP contribution in [0.2, 0.25) is 0 Å². The van der Waals surface area contributed by atoms with Gasteiger partial charge in [-0.05, 0) is 19.4 Å². The molecule has 0 aliphatic rings. The Labute approximate surface area is 99.7 Å². The highest BCUT2D eigenvalue weighted by atomic mass is 16.3. The molecule has 0 saturated heterocycles. The Morgan fingerprint density at radius 2 is 2.18 bits per heavy atom. The van der Waals surface area contributed by atoms with Gasteiger partial charge in [0.15, 0.2) is 0 Å². The second-order valence-electron chi connectivity index (χ2n) is 4.00. The highest BCUT2D eigenvalue weighted by Gasteiger charge is 2.14. The molecule has 90 valence electrons. The van der Waals surface area contributed by atoms with Gasteiger partial charge in [0.2, 0.25) is 0 Å². The number of aryl methyl sites for hydroxylation is 1. The first-order valence-electron chi connectivity index (χ1n) is 5.70. The number of benzene rings is 1. The van der Waals surface area contributed by atoms with Crippen molar-refractivity contribution in [2.45, 2.75) is 13.3 Å². The van der Waals surface area contributed by atoms with E-state index in [0.717, 1.165) is 16.6 Å². The molecule has 0 radical (unpaired) electrons. The number of aliphatic hydroxyl groups is 1. The van der Waals surface area contributed by atoms with Crippen molar-refractivity contribution in [1.82, 2.24) is 10.3 Å². The number of hydrogen-bond acceptors (Lipinski definition) is 2. The van der Waals surface area contributed by atoms with Crippen LogP contribution in [0.3, 0.4) is 0 Å². The predicted molar refractivity (Wildman–Crippen MR) is 67.1 cm³/mol. The number of carbonyl (C=O) groups excluding carboxylic acids is 1. The lowest BCUT2D eigenvalue weighted by molar-refractivity contribution is 0.0952. The van der Waals surface area contributed by atoms with E-state index < -0.39 is 0 Å². The maximum absolute atomic E-state index is 12.0. The van der Waals surface area contributed by atoms with Gasteiger partial charge >= 0.3 is 0 Å². The molecule has 0 spiro atoms. The number of fused-ring (bicyclic) bond motifs is 1. The topological polar surface area (TPSA) is 65.1 Å². The summed E-state index contributed by atoms with van der Waals surface area (Å²) in [5.41, 5.74) is 2.53. The van der Waals surface area contributed by atoms with Crippen molar-refractivity contribution in [1.29, 1.82) is 0 Å². The summed E-state index contributed by atoms with van der Waals surface area (Å²) in [6.45, 7) is 2.47. The van der Waals surface area contributed by atoms with E-state index in [4.69, 9.17) is 5.11 Å². The lowest BCUT2D eigenvalue weighted by Crippen LogP contribution is -2.25. The van der Waals surface area contributed by atoms with Gasteiger partial charge in [-0.3, -0.25) is 4.79 Å². The third-order valence-corrected chi connectivity index (χ3v) is 2.74. The van der Waals surface area contributed by atoms with Crippen LogP contribution >= 0.6 is 0 Å². The normalized spacial score (nSPS) is 10.7. The van der Waals surface area contributed by atoms with E-state index in [9.17, 15) is 4.79 Å². The summed E-state index contributed by atoms with van der Waals surface area (Å²) in [5, 5.41) is 12.4. The molecule has 0 aliphatic carbocycles. The van der Waals surface area contributed by atoms with E-state index >= 15 is 0 Å². The van der Waals surface area contributed by atoms with Crippen LogP contribution in [0.15, 0.2) is 24.3 Å². The molecule has 4 heteroatoms. The zero-order valence-electron chi connectivity index (χ0n) is 9.79. The van der Waals surface area contributed by atoms with Crippen molar-refractivity contribution in [3.63, 3.8) is 0 Å². The van der Waals surface area contributed by atoms with Crippen molar-refractivity contribution in [2.75, 3.05) is 13.2 Å². The van der Waals surface area contributed by atoms with Gasteiger partial charge in [0, 0.05) is 29.7 Å². The smallest absolute Gasteiger partial charge is 0.253 e. The van der Waals surface area contributed by atoms with Gasteiger partial charge in [-0.2, -0.15) is 0 Å². The minimum Gasteiger partial charge on any atom is -0.396 e. The first-order chi connectivity index (χ1) is 8.24. The summed E-state index contributed by atoms with van der Waals surface area (Å²) in [4.78, 5) is 15.2. The maximum Gasteiger partial charge on any atom is 0.253 e. The van der Waals surface area contributed by atoms with Crippen molar-refractivity contribution in [3.05, 3.63) is 35.5 Å². The van der Waals surface area contributed by atoms with Crippen LogP contribution in [0.5, 0.6) is 0 Å². The van der Waals surface area contributed by atoms with E-state index in [1.54, 1.807) is 0 Å². The first kappa shape index (κ1) is 11.7. The molecule has 1 heterocycles. The lowest BCUT2D eigenvalue weighted by atomic mass is 10.1. The van der Waals surface area contributed by atoms with E-state index in [0.29, 0.717) is 18.5 Å². The van der Waals surface area contributed by atoms with Crippen molar-refractivity contribution in [3.8, 4) is 0 Å². The number of aromatic nitrogens is 1. The molecule has 2 aromatic rings. The number of amides is 1. The molecule has 4 nitrogen and oxygen atoms in total. The van der Waals surface area contributed by atoms with E-state index in [2.05, 4.69) is 10.3 Å². The molecule has 1 aromatic heterocycles. The number of rotatable bonds is 4. The standard InChI is InChI=1S/C13H16N2O2/c1-9-12(13(17)14-7-4-8-16)10-5-2-3-6-11(10)15-9/h2-3,5-6,15-16H,4,7-8H2,1H3,(H,14,17). The second-order valence-corrected chi connectivity index (χ2v) is 4.00. The first-order valence-corrected chi connectivity index (χ1v) is 5.70. The molecule has 17 heavy (non-hydrogen) atoms. The molecule has 0 saturated carbocycles. The largest absolute Gasteiger partial charge is 0.396 e. The summed E-state index contributed by atoms with van der Waals surface area (Å²) in [6, 6.07) is 7.73. The van der Waals surface area contributed by atoms with Crippen LogP contribution in [0.1, 0.15) is 22.5 Å². The van der Waals surface area contributed by atoms with Crippen LogP contribution in [-0.4, -0.2) is 29.1 Å². The van der Waals surface area contributed by atoms with Gasteiger partial charge in [0.1, 0.15) is 0 Å². The van der Waals surface area contributed by atoms with Gasteiger partial charge in [-0.25, -0.2) is 0 Å². The molecule has 0 atom stereocenters. The third-order valence-electron chi connectivity index (χ3n) is 2.74. The van der Waals surface area contributed by atoms with E-state index in [-0.39, 0.29) is 12.5 Å². The molecule has 0 fully saturated rings. The Balaban J connectivity index is 2.28. The average molecular weight is 232 g/mol. The van der Waals surface area contributed by atoms with Gasteiger partial charge in [0.25, 0.3) is 5.91 Å². The summed E-state index contributed by atoms with van der Waals surface area (Å²) < 4.78 is 0. The van der Waals surface area contributed by atoms with Gasteiger partial charge in [-0.1, -0.05) is 18.2 Å². The summed E-state index contributed by atoms with van der Waals surface area (Å²) >= 11 is 0. The Morgan fingerprint density at radius 1 is 1.41 bits per heavy atom. The molecule has 0 bridgehead atoms. The number of nitrogens with one attached hydrogen (secondary N) is 2. The number of carbonyl (C=O) groups is 1. The quantitative estimate of drug-likeness (QED) is 0.701. The van der Waals surface area contributed by atoms with Crippen molar-refractivity contribution >= 4 is 16.8 Å². The minimum atomic E-state index is -0.0894. The minimum absolute atomic E-state index is 0.0894. The van der Waals surface area contributed by atoms with Crippen LogP contribution in [-0.2, 0) is 0 Å². The zero-order chi connectivity index (χ0) is 12.3. The predicted octanol–water partition coefficient (Wildman–Crippen LogP) is 1.59. The Bertz CT molecular complexity index is 531. The molecular weight excluding hydrogens is 216 g/mol. The Morgan fingerprint density at radius 3 is 2.94 bits per heavy atom. The van der Waals surface area contributed by atoms with Crippen molar-refractivity contribution in [2.24, 2.45) is 0 Å². The lowest BCUT2D eigenvalue weighted by Gasteiger charge is -2.03. The molecule has 1 amide bonds. The Hall–Kier alpha value is -1.81. The molecular formula is C13H16N2O2. The van der Waals surface area contributed by atoms with Gasteiger partial charge in [-0.15, -0.1) is 0 Å². The molecule has 0 aliphatic heterocycles. The van der Waals surface area contributed by atoms with Crippen molar-refractivity contribution < 1.29 is 9.90 Å². The number of aliphatic hydroxyl groups excluding tert-OH is 1. The molecule has 3 N–H and O–H groups in total. The van der Waals surface area contributed by atoms with Crippen LogP contribution in [0.25, 0.3) is 10.9 Å². The highest BCUT2D eigenvalue weighted by molar-refractivity contribution is 6.08. The fourth-order valence-corrected chi connectivity index (χ4v) is 1.94. The number of aromatic amines is 1. The number of para-hydroxylation sites is 1. The van der Waals surface area contributed by atoms with Gasteiger partial charge in [0.05, 0.1) is 5.56 Å². The fourth-order valence-electron chi connectivity index (χ4n) is 1.94. The summed E-state index contributed by atoms with van der Waals surface area (Å²) in [7, 11) is 0. The SMILES string of the molecule is Cc1[nH]c2ccccc2c1C(=O)NCCCO. The molecule has 0 unspecified atom stereocenters. The zero-order valence-corrected chi connectivity index (χ0v) is 9.79. The average Bonchev–Trinajstić information content (AvgIpc) is 2.65. The number of H-pyrrole nitrogens is 1. The molecule has 2 rings (SSSR count). The fraction of sp³-hybridized carbons (Fsp3) is 0.308. The Kier molecular flexibility index (Phi) is 3.44.